The van der Waals surface area contributed by atoms with Crippen LogP contribution < -0.4 is 10.1 Å². The van der Waals surface area contributed by atoms with E-state index in [1.165, 1.54) is 4.90 Å². The van der Waals surface area contributed by atoms with Crippen molar-refractivity contribution in [3.05, 3.63) is 30.3 Å². The Kier molecular flexibility index (Phi) is 4.39. The van der Waals surface area contributed by atoms with Crippen LogP contribution in [0.2, 0.25) is 0 Å². The van der Waals surface area contributed by atoms with Gasteiger partial charge in [0, 0.05) is 0 Å². The third kappa shape index (κ3) is 3.24. The summed E-state index contributed by atoms with van der Waals surface area (Å²) in [5.74, 6) is 0.586. The van der Waals surface area contributed by atoms with Crippen LogP contribution in [0.25, 0.3) is 0 Å². The zero-order chi connectivity index (χ0) is 13.7. The molecule has 2 rings (SSSR count). The van der Waals surface area contributed by atoms with Crippen LogP contribution in [-0.2, 0) is 4.79 Å². The first kappa shape index (κ1) is 13.4. The average molecular weight is 262 g/mol. The van der Waals surface area contributed by atoms with Crippen LogP contribution in [0, 0.1) is 0 Å². The van der Waals surface area contributed by atoms with E-state index in [9.17, 15) is 9.59 Å². The number of nitrogens with one attached hydrogen (secondary N) is 1. The average Bonchev–Trinajstić information content (AvgIpc) is 2.68. The highest BCUT2D eigenvalue weighted by Crippen LogP contribution is 2.12. The second-order valence-electron chi connectivity index (χ2n) is 4.44. The van der Waals surface area contributed by atoms with Crippen molar-refractivity contribution in [1.82, 2.24) is 10.2 Å². The fourth-order valence-electron chi connectivity index (χ4n) is 2.04. The van der Waals surface area contributed by atoms with E-state index < -0.39 is 0 Å². The number of ether oxygens (including phenoxy) is 1. The van der Waals surface area contributed by atoms with Gasteiger partial charge in [0.1, 0.15) is 18.4 Å². The first-order valence-corrected chi connectivity index (χ1v) is 6.52. The first-order valence-electron chi connectivity index (χ1n) is 6.52. The Hall–Kier alpha value is -2.04. The molecule has 102 valence electrons. The van der Waals surface area contributed by atoms with E-state index in [-0.39, 0.29) is 24.5 Å². The van der Waals surface area contributed by atoms with Crippen LogP contribution in [0.3, 0.4) is 0 Å². The van der Waals surface area contributed by atoms with Crippen molar-refractivity contribution in [3.8, 4) is 5.75 Å². The van der Waals surface area contributed by atoms with E-state index >= 15 is 0 Å². The zero-order valence-corrected chi connectivity index (χ0v) is 11.0. The lowest BCUT2D eigenvalue weighted by molar-refractivity contribution is -0.127. The van der Waals surface area contributed by atoms with E-state index in [0.717, 1.165) is 12.2 Å². The summed E-state index contributed by atoms with van der Waals surface area (Å²) >= 11 is 0. The molecule has 1 aromatic carbocycles. The molecule has 1 heterocycles. The van der Waals surface area contributed by atoms with Crippen molar-refractivity contribution < 1.29 is 14.3 Å². The second kappa shape index (κ2) is 6.22. The molecule has 0 saturated carbocycles. The number of benzene rings is 1. The molecule has 1 atom stereocenters. The largest absolute Gasteiger partial charge is 0.492 e. The maximum absolute atomic E-state index is 11.9. The number of carbonyl (C=O) groups is 2. The Balaban J connectivity index is 1.83. The van der Waals surface area contributed by atoms with E-state index in [1.807, 2.05) is 37.3 Å². The Labute approximate surface area is 112 Å². The van der Waals surface area contributed by atoms with Gasteiger partial charge in [-0.2, -0.15) is 0 Å². The number of hydrogen-bond donors (Lipinski definition) is 1. The number of rotatable bonds is 6. The molecule has 5 heteroatoms. The molecule has 3 amide bonds. The first-order chi connectivity index (χ1) is 9.22. The Morgan fingerprint density at radius 3 is 2.68 bits per heavy atom. The topological polar surface area (TPSA) is 58.6 Å². The molecule has 1 fully saturated rings. The lowest BCUT2D eigenvalue weighted by Gasteiger charge is -2.13. The highest BCUT2D eigenvalue weighted by Gasteiger charge is 2.36. The number of hydrogen-bond acceptors (Lipinski definition) is 3. The maximum atomic E-state index is 11.9. The molecule has 0 radical (unpaired) electrons. The number of urea groups is 1. The van der Waals surface area contributed by atoms with Crippen molar-refractivity contribution in [2.45, 2.75) is 25.8 Å². The highest BCUT2D eigenvalue weighted by atomic mass is 16.5. The smallest absolute Gasteiger partial charge is 0.324 e. The fourth-order valence-corrected chi connectivity index (χ4v) is 2.04. The van der Waals surface area contributed by atoms with Crippen LogP contribution in [0.5, 0.6) is 5.75 Å². The molecule has 19 heavy (non-hydrogen) atoms. The Morgan fingerprint density at radius 1 is 1.26 bits per heavy atom. The van der Waals surface area contributed by atoms with Gasteiger partial charge >= 0.3 is 6.03 Å². The van der Waals surface area contributed by atoms with Gasteiger partial charge in [-0.3, -0.25) is 9.69 Å². The van der Waals surface area contributed by atoms with Gasteiger partial charge in [0.05, 0.1) is 6.54 Å². The standard InChI is InChI=1S/C14H18N2O3/c1-2-6-12-13(17)16(14(18)15-12)9-10-19-11-7-4-3-5-8-11/h3-5,7-8,12H,2,6,9-10H2,1H3,(H,15,18). The summed E-state index contributed by atoms with van der Waals surface area (Å²) in [4.78, 5) is 24.8. The van der Waals surface area contributed by atoms with Crippen molar-refractivity contribution >= 4 is 11.9 Å². The molecule has 1 N–H and O–H groups in total. The molecule has 0 aliphatic carbocycles. The van der Waals surface area contributed by atoms with Gasteiger partial charge in [0.25, 0.3) is 5.91 Å². The molecule has 1 aromatic rings. The number of amides is 3. The predicted octanol–water partition coefficient (Wildman–Crippen LogP) is 1.79. The summed E-state index contributed by atoms with van der Waals surface area (Å²) in [6, 6.07) is 8.65. The predicted molar refractivity (Wildman–Crippen MR) is 70.9 cm³/mol. The zero-order valence-electron chi connectivity index (χ0n) is 11.0. The minimum Gasteiger partial charge on any atom is -0.492 e. The van der Waals surface area contributed by atoms with E-state index in [2.05, 4.69) is 5.32 Å². The van der Waals surface area contributed by atoms with Crippen LogP contribution in [0.1, 0.15) is 19.8 Å². The molecule has 5 nitrogen and oxygen atoms in total. The number of para-hydroxylation sites is 1. The molecular formula is C14H18N2O3. The van der Waals surface area contributed by atoms with Gasteiger partial charge in [-0.15, -0.1) is 0 Å². The van der Waals surface area contributed by atoms with Gasteiger partial charge < -0.3 is 10.1 Å². The van der Waals surface area contributed by atoms with Crippen LogP contribution in [0.4, 0.5) is 4.79 Å². The van der Waals surface area contributed by atoms with E-state index in [0.29, 0.717) is 13.0 Å². The summed E-state index contributed by atoms with van der Waals surface area (Å²) in [5.41, 5.74) is 0. The number of nitrogens with zero attached hydrogens (tertiary/aromatic N) is 1. The molecule has 1 aliphatic heterocycles. The third-order valence-corrected chi connectivity index (χ3v) is 3.01. The summed E-state index contributed by atoms with van der Waals surface area (Å²) in [5, 5.41) is 2.69. The van der Waals surface area contributed by atoms with Crippen molar-refractivity contribution in [2.24, 2.45) is 0 Å². The van der Waals surface area contributed by atoms with Crippen molar-refractivity contribution in [2.75, 3.05) is 13.2 Å². The monoisotopic (exact) mass is 262 g/mol. The third-order valence-electron chi connectivity index (χ3n) is 3.01. The molecular weight excluding hydrogens is 244 g/mol. The fraction of sp³-hybridized carbons (Fsp3) is 0.429. The van der Waals surface area contributed by atoms with E-state index in [4.69, 9.17) is 4.74 Å². The summed E-state index contributed by atoms with van der Waals surface area (Å²) in [7, 11) is 0. The highest BCUT2D eigenvalue weighted by molar-refractivity contribution is 6.04. The summed E-state index contributed by atoms with van der Waals surface area (Å²) in [6.07, 6.45) is 1.55. The molecule has 0 bridgehead atoms. The molecule has 1 saturated heterocycles. The Morgan fingerprint density at radius 2 is 2.00 bits per heavy atom. The normalized spacial score (nSPS) is 18.6. The van der Waals surface area contributed by atoms with Crippen LogP contribution in [0.15, 0.2) is 30.3 Å². The molecule has 0 aromatic heterocycles. The number of imide groups is 1. The molecule has 0 spiro atoms. The van der Waals surface area contributed by atoms with E-state index in [1.54, 1.807) is 0 Å². The van der Waals surface area contributed by atoms with Gasteiger partial charge in [-0.05, 0) is 18.6 Å². The maximum Gasteiger partial charge on any atom is 0.324 e. The Bertz CT molecular complexity index is 447. The molecule has 1 unspecified atom stereocenters. The molecule has 1 aliphatic rings. The quantitative estimate of drug-likeness (QED) is 0.795. The van der Waals surface area contributed by atoms with Gasteiger partial charge in [0.2, 0.25) is 0 Å². The SMILES string of the molecule is CCCC1NC(=O)N(CCOc2ccccc2)C1=O. The summed E-state index contributed by atoms with van der Waals surface area (Å²) in [6.45, 7) is 2.57. The minimum absolute atomic E-state index is 0.150. The lowest BCUT2D eigenvalue weighted by atomic mass is 10.2. The number of carbonyl (C=O) groups excluding carboxylic acids is 2. The lowest BCUT2D eigenvalue weighted by Crippen LogP contribution is -2.35. The van der Waals surface area contributed by atoms with Gasteiger partial charge in [-0.1, -0.05) is 31.5 Å². The summed E-state index contributed by atoms with van der Waals surface area (Å²) < 4.78 is 5.49. The minimum atomic E-state index is -0.366. The van der Waals surface area contributed by atoms with Crippen molar-refractivity contribution in [1.29, 1.82) is 0 Å². The van der Waals surface area contributed by atoms with Crippen LogP contribution in [-0.4, -0.2) is 36.0 Å². The van der Waals surface area contributed by atoms with Crippen molar-refractivity contribution in [3.63, 3.8) is 0 Å². The van der Waals surface area contributed by atoms with Crippen LogP contribution >= 0.6 is 0 Å². The van der Waals surface area contributed by atoms with Gasteiger partial charge in [-0.25, -0.2) is 4.79 Å². The van der Waals surface area contributed by atoms with Gasteiger partial charge in [0.15, 0.2) is 0 Å². The second-order valence-corrected chi connectivity index (χ2v) is 4.44.